The lowest BCUT2D eigenvalue weighted by atomic mass is 10.1. The maximum atomic E-state index is 13.0. The molecule has 1 aliphatic rings. The second kappa shape index (κ2) is 7.39. The van der Waals surface area contributed by atoms with E-state index in [0.29, 0.717) is 52.6 Å². The van der Waals surface area contributed by atoms with Gasteiger partial charge >= 0.3 is 0 Å². The Bertz CT molecular complexity index is 1290. The molecular weight excluding hydrogens is 398 g/mol. The minimum Gasteiger partial charge on any atom is -0.496 e. The van der Waals surface area contributed by atoms with Gasteiger partial charge in [0.05, 0.1) is 38.6 Å². The predicted octanol–water partition coefficient (Wildman–Crippen LogP) is 3.73. The molecule has 0 fully saturated rings. The molecule has 8 heteroatoms. The summed E-state index contributed by atoms with van der Waals surface area (Å²) in [6, 6.07) is 9.18. The SMILES string of the molecule is COc1cc2c(cc1OC)CN(c1cc(=O)c3cc(-c4cnco4)c(OC)cc3[nH]1)C2. The number of benzene rings is 2. The molecule has 0 saturated carbocycles. The second-order valence-electron chi connectivity index (χ2n) is 7.31. The number of H-pyrrole nitrogens is 1. The van der Waals surface area contributed by atoms with E-state index in [1.165, 1.54) is 6.39 Å². The molecule has 2 aromatic carbocycles. The normalized spacial score (nSPS) is 12.8. The van der Waals surface area contributed by atoms with Crippen LogP contribution in [0.5, 0.6) is 17.2 Å². The van der Waals surface area contributed by atoms with Crippen LogP contribution in [0.4, 0.5) is 5.82 Å². The van der Waals surface area contributed by atoms with Crippen molar-refractivity contribution in [3.63, 3.8) is 0 Å². The summed E-state index contributed by atoms with van der Waals surface area (Å²) in [6.07, 6.45) is 2.94. The molecule has 3 heterocycles. The Morgan fingerprint density at radius 3 is 2.19 bits per heavy atom. The highest BCUT2D eigenvalue weighted by atomic mass is 16.5. The zero-order valence-corrected chi connectivity index (χ0v) is 17.4. The van der Waals surface area contributed by atoms with E-state index in [-0.39, 0.29) is 5.43 Å². The van der Waals surface area contributed by atoms with Gasteiger partial charge in [0.2, 0.25) is 0 Å². The summed E-state index contributed by atoms with van der Waals surface area (Å²) in [5.74, 6) is 3.26. The van der Waals surface area contributed by atoms with Crippen molar-refractivity contribution in [2.75, 3.05) is 26.2 Å². The first-order chi connectivity index (χ1) is 15.1. The molecular formula is C23H21N3O5. The zero-order chi connectivity index (χ0) is 21.5. The molecule has 0 amide bonds. The lowest BCUT2D eigenvalue weighted by molar-refractivity contribution is 0.354. The smallest absolute Gasteiger partial charge is 0.191 e. The lowest BCUT2D eigenvalue weighted by Crippen LogP contribution is -2.18. The highest BCUT2D eigenvalue weighted by Crippen LogP contribution is 2.37. The standard InChI is InChI=1S/C23H21N3O5/c1-28-19-7-17-15(6-16(19)22-9-24-12-31-22)18(27)8-23(25-17)26-10-13-4-20(29-2)21(30-3)5-14(13)11-26/h4-9,12H,10-11H2,1-3H3,(H,25,27). The van der Waals surface area contributed by atoms with E-state index in [0.717, 1.165) is 16.9 Å². The molecule has 1 N–H and O–H groups in total. The third-order valence-corrected chi connectivity index (χ3v) is 5.60. The van der Waals surface area contributed by atoms with Gasteiger partial charge in [-0.2, -0.15) is 0 Å². The quantitative estimate of drug-likeness (QED) is 0.527. The van der Waals surface area contributed by atoms with Crippen LogP contribution in [0, 0.1) is 0 Å². The highest BCUT2D eigenvalue weighted by Gasteiger charge is 2.23. The summed E-state index contributed by atoms with van der Waals surface area (Å²) < 4.78 is 21.8. The molecule has 4 aromatic rings. The fourth-order valence-corrected chi connectivity index (χ4v) is 4.04. The number of pyridine rings is 1. The second-order valence-corrected chi connectivity index (χ2v) is 7.31. The van der Waals surface area contributed by atoms with Gasteiger partial charge in [0.15, 0.2) is 29.1 Å². The molecule has 0 unspecified atom stereocenters. The maximum absolute atomic E-state index is 13.0. The number of nitrogens with one attached hydrogen (secondary N) is 1. The van der Waals surface area contributed by atoms with E-state index >= 15 is 0 Å². The van der Waals surface area contributed by atoms with Crippen molar-refractivity contribution in [3.8, 4) is 28.6 Å². The van der Waals surface area contributed by atoms with Crippen LogP contribution in [0.1, 0.15) is 11.1 Å². The number of aromatic amines is 1. The lowest BCUT2D eigenvalue weighted by Gasteiger charge is -2.18. The first-order valence-electron chi connectivity index (χ1n) is 9.74. The van der Waals surface area contributed by atoms with E-state index in [2.05, 4.69) is 14.9 Å². The highest BCUT2D eigenvalue weighted by molar-refractivity contribution is 5.88. The van der Waals surface area contributed by atoms with E-state index in [9.17, 15) is 4.79 Å². The van der Waals surface area contributed by atoms with Gasteiger partial charge in [0.25, 0.3) is 0 Å². The Labute approximate surface area is 178 Å². The monoisotopic (exact) mass is 419 g/mol. The molecule has 0 radical (unpaired) electrons. The first-order valence-corrected chi connectivity index (χ1v) is 9.74. The minimum absolute atomic E-state index is 0.0849. The first kappa shape index (κ1) is 19.0. The Hall–Kier alpha value is -3.94. The number of rotatable bonds is 5. The van der Waals surface area contributed by atoms with E-state index in [1.54, 1.807) is 39.7 Å². The largest absolute Gasteiger partial charge is 0.496 e. The van der Waals surface area contributed by atoms with Crippen molar-refractivity contribution >= 4 is 16.7 Å². The molecule has 31 heavy (non-hydrogen) atoms. The number of aromatic nitrogens is 2. The third-order valence-electron chi connectivity index (χ3n) is 5.60. The van der Waals surface area contributed by atoms with Crippen LogP contribution in [0.25, 0.3) is 22.2 Å². The average Bonchev–Trinajstić information content (AvgIpc) is 3.46. The number of hydrogen-bond donors (Lipinski definition) is 1. The van der Waals surface area contributed by atoms with Gasteiger partial charge in [-0.15, -0.1) is 0 Å². The Morgan fingerprint density at radius 1 is 0.935 bits per heavy atom. The number of anilines is 1. The van der Waals surface area contributed by atoms with Gasteiger partial charge < -0.3 is 28.5 Å². The van der Waals surface area contributed by atoms with Crippen molar-refractivity contribution in [2.24, 2.45) is 0 Å². The Balaban J connectivity index is 1.55. The molecule has 5 rings (SSSR count). The van der Waals surface area contributed by atoms with Crippen molar-refractivity contribution < 1.29 is 18.6 Å². The fourth-order valence-electron chi connectivity index (χ4n) is 4.04. The number of methoxy groups -OCH3 is 3. The van der Waals surface area contributed by atoms with Gasteiger partial charge in [-0.1, -0.05) is 0 Å². The summed E-state index contributed by atoms with van der Waals surface area (Å²) in [6.45, 7) is 1.31. The van der Waals surface area contributed by atoms with Crippen molar-refractivity contribution in [1.82, 2.24) is 9.97 Å². The zero-order valence-electron chi connectivity index (χ0n) is 17.4. The molecule has 8 nitrogen and oxygen atoms in total. The molecule has 2 aromatic heterocycles. The summed E-state index contributed by atoms with van der Waals surface area (Å²) >= 11 is 0. The summed E-state index contributed by atoms with van der Waals surface area (Å²) in [5.41, 5.74) is 3.55. The van der Waals surface area contributed by atoms with Gasteiger partial charge in [-0.25, -0.2) is 4.98 Å². The van der Waals surface area contributed by atoms with Crippen LogP contribution in [-0.4, -0.2) is 31.3 Å². The van der Waals surface area contributed by atoms with E-state index in [4.69, 9.17) is 18.6 Å². The number of oxazole rings is 1. The van der Waals surface area contributed by atoms with Gasteiger partial charge in [-0.05, 0) is 29.3 Å². The van der Waals surface area contributed by atoms with Gasteiger partial charge in [0, 0.05) is 30.6 Å². The molecule has 158 valence electrons. The molecule has 0 bridgehead atoms. The van der Waals surface area contributed by atoms with Gasteiger partial charge in [0.1, 0.15) is 11.6 Å². The Kier molecular flexibility index (Phi) is 4.54. The van der Waals surface area contributed by atoms with E-state index < -0.39 is 0 Å². The van der Waals surface area contributed by atoms with Crippen molar-refractivity contribution in [1.29, 1.82) is 0 Å². The Morgan fingerprint density at radius 2 is 1.61 bits per heavy atom. The van der Waals surface area contributed by atoms with Crippen LogP contribution in [-0.2, 0) is 13.1 Å². The molecule has 0 atom stereocenters. The van der Waals surface area contributed by atoms with Crippen LogP contribution < -0.4 is 24.5 Å². The number of nitrogens with zero attached hydrogens (tertiary/aromatic N) is 2. The maximum Gasteiger partial charge on any atom is 0.191 e. The fraction of sp³-hybridized carbons (Fsp3) is 0.217. The third kappa shape index (κ3) is 3.16. The van der Waals surface area contributed by atoms with Crippen LogP contribution >= 0.6 is 0 Å². The van der Waals surface area contributed by atoms with Crippen molar-refractivity contribution in [2.45, 2.75) is 13.1 Å². The summed E-state index contributed by atoms with van der Waals surface area (Å²) in [7, 11) is 4.83. The predicted molar refractivity (Wildman–Crippen MR) is 116 cm³/mol. The number of hydrogen-bond acceptors (Lipinski definition) is 7. The number of fused-ring (bicyclic) bond motifs is 2. The van der Waals surface area contributed by atoms with Crippen LogP contribution in [0.15, 0.2) is 52.1 Å². The van der Waals surface area contributed by atoms with Crippen LogP contribution in [0.2, 0.25) is 0 Å². The summed E-state index contributed by atoms with van der Waals surface area (Å²) in [5, 5.41) is 0.552. The molecule has 0 spiro atoms. The van der Waals surface area contributed by atoms with Crippen LogP contribution in [0.3, 0.4) is 0 Å². The molecule has 1 aliphatic heterocycles. The van der Waals surface area contributed by atoms with Crippen molar-refractivity contribution in [3.05, 3.63) is 64.3 Å². The average molecular weight is 419 g/mol. The minimum atomic E-state index is -0.0849. The number of ether oxygens (including phenoxy) is 3. The topological polar surface area (TPSA) is 89.8 Å². The van der Waals surface area contributed by atoms with E-state index in [1.807, 2.05) is 18.2 Å². The summed E-state index contributed by atoms with van der Waals surface area (Å²) in [4.78, 5) is 22.4. The molecule has 0 aliphatic carbocycles. The molecule has 0 saturated heterocycles. The van der Waals surface area contributed by atoms with Gasteiger partial charge in [-0.3, -0.25) is 4.79 Å².